The topological polar surface area (TPSA) is 83.3 Å². The van der Waals surface area contributed by atoms with E-state index in [-0.39, 0.29) is 5.56 Å². The van der Waals surface area contributed by atoms with Crippen LogP contribution in [0, 0.1) is 0 Å². The Morgan fingerprint density at radius 2 is 2.43 bits per heavy atom. The molecule has 0 spiro atoms. The van der Waals surface area contributed by atoms with Crippen molar-refractivity contribution in [2.45, 2.75) is 18.9 Å². The Labute approximate surface area is 81.0 Å². The van der Waals surface area contributed by atoms with Gasteiger partial charge >= 0.3 is 0 Å². The minimum atomic E-state index is -0.152. The predicted molar refractivity (Wildman–Crippen MR) is 53.9 cm³/mol. The van der Waals surface area contributed by atoms with E-state index in [1.165, 1.54) is 6.07 Å². The van der Waals surface area contributed by atoms with Crippen LogP contribution in [0.2, 0.25) is 0 Å². The molecule has 1 fully saturated rings. The standard InChI is InChI=1S/C9H12N4O/c10-13-9(12-7-1-2-7)6-3-4-11-8(14)5-6/h3-5,7H,1-2,10H2,(H,11,14)(H,12,13). The van der Waals surface area contributed by atoms with E-state index in [9.17, 15) is 4.79 Å². The number of hydrogen-bond acceptors (Lipinski definition) is 3. The van der Waals surface area contributed by atoms with Crippen LogP contribution in [-0.2, 0) is 0 Å². The predicted octanol–water partition coefficient (Wildman–Crippen LogP) is -0.253. The highest BCUT2D eigenvalue weighted by molar-refractivity contribution is 5.98. The highest BCUT2D eigenvalue weighted by Crippen LogP contribution is 2.23. The molecule has 1 heterocycles. The number of hydrazine groups is 1. The summed E-state index contributed by atoms with van der Waals surface area (Å²) in [5.41, 5.74) is 3.09. The first-order valence-electron chi connectivity index (χ1n) is 4.53. The van der Waals surface area contributed by atoms with E-state index in [1.807, 2.05) is 0 Å². The van der Waals surface area contributed by atoms with Crippen LogP contribution in [0.25, 0.3) is 0 Å². The molecular weight excluding hydrogens is 180 g/mol. The highest BCUT2D eigenvalue weighted by Gasteiger charge is 2.21. The van der Waals surface area contributed by atoms with Gasteiger partial charge in [0.25, 0.3) is 0 Å². The number of amidine groups is 1. The molecule has 5 heteroatoms. The average molecular weight is 192 g/mol. The molecule has 0 saturated heterocycles. The van der Waals surface area contributed by atoms with Gasteiger partial charge in [-0.1, -0.05) is 0 Å². The van der Waals surface area contributed by atoms with Crippen LogP contribution in [0.15, 0.2) is 28.1 Å². The zero-order valence-electron chi connectivity index (χ0n) is 7.66. The van der Waals surface area contributed by atoms with Gasteiger partial charge in [-0.3, -0.25) is 9.79 Å². The lowest BCUT2D eigenvalue weighted by molar-refractivity contribution is 0.969. The number of aliphatic imine (C=N–C) groups is 1. The van der Waals surface area contributed by atoms with Crippen molar-refractivity contribution in [1.29, 1.82) is 0 Å². The molecule has 1 aromatic rings. The Balaban J connectivity index is 2.30. The van der Waals surface area contributed by atoms with Crippen molar-refractivity contribution in [2.75, 3.05) is 0 Å². The van der Waals surface area contributed by atoms with Crippen molar-refractivity contribution in [1.82, 2.24) is 10.4 Å². The Hall–Kier alpha value is -1.62. The zero-order valence-corrected chi connectivity index (χ0v) is 7.66. The summed E-state index contributed by atoms with van der Waals surface area (Å²) in [6.45, 7) is 0. The van der Waals surface area contributed by atoms with Gasteiger partial charge in [0.1, 0.15) is 5.84 Å². The second-order valence-electron chi connectivity index (χ2n) is 3.29. The fourth-order valence-corrected chi connectivity index (χ4v) is 1.17. The van der Waals surface area contributed by atoms with Gasteiger partial charge in [0.05, 0.1) is 6.04 Å². The zero-order chi connectivity index (χ0) is 9.97. The molecule has 0 bridgehead atoms. The van der Waals surface area contributed by atoms with Crippen LogP contribution >= 0.6 is 0 Å². The van der Waals surface area contributed by atoms with Crippen LogP contribution in [0.1, 0.15) is 18.4 Å². The maximum Gasteiger partial charge on any atom is 0.248 e. The minimum absolute atomic E-state index is 0.152. The number of nitrogens with zero attached hydrogens (tertiary/aromatic N) is 1. The number of nitrogens with two attached hydrogens (primary N) is 1. The second kappa shape index (κ2) is 3.63. The number of pyridine rings is 1. The lowest BCUT2D eigenvalue weighted by atomic mass is 10.2. The SMILES string of the molecule is NNC(=NC1CC1)c1cc[nH]c(=O)c1. The largest absolute Gasteiger partial charge is 0.329 e. The van der Waals surface area contributed by atoms with Gasteiger partial charge in [-0.05, 0) is 18.9 Å². The van der Waals surface area contributed by atoms with Crippen molar-refractivity contribution in [3.05, 3.63) is 34.2 Å². The summed E-state index contributed by atoms with van der Waals surface area (Å²) in [5.74, 6) is 5.92. The number of hydrogen-bond donors (Lipinski definition) is 3. The molecule has 2 rings (SSSR count). The van der Waals surface area contributed by atoms with Crippen molar-refractivity contribution in [3.63, 3.8) is 0 Å². The minimum Gasteiger partial charge on any atom is -0.329 e. The van der Waals surface area contributed by atoms with Crippen LogP contribution in [0.4, 0.5) is 0 Å². The molecule has 1 aliphatic rings. The summed E-state index contributed by atoms with van der Waals surface area (Å²) in [7, 11) is 0. The Kier molecular flexibility index (Phi) is 2.32. The maximum atomic E-state index is 11.0. The van der Waals surface area contributed by atoms with Gasteiger partial charge in [0, 0.05) is 17.8 Å². The summed E-state index contributed by atoms with van der Waals surface area (Å²) in [4.78, 5) is 17.9. The third-order valence-corrected chi connectivity index (χ3v) is 2.04. The van der Waals surface area contributed by atoms with Gasteiger partial charge in [-0.2, -0.15) is 0 Å². The molecule has 0 aliphatic heterocycles. The van der Waals surface area contributed by atoms with Crippen LogP contribution < -0.4 is 16.8 Å². The number of nitrogens with one attached hydrogen (secondary N) is 2. The maximum absolute atomic E-state index is 11.0. The fourth-order valence-electron chi connectivity index (χ4n) is 1.17. The van der Waals surface area contributed by atoms with Gasteiger partial charge < -0.3 is 10.4 Å². The van der Waals surface area contributed by atoms with Gasteiger partial charge in [0.15, 0.2) is 0 Å². The van der Waals surface area contributed by atoms with Gasteiger partial charge in [0.2, 0.25) is 5.56 Å². The quantitative estimate of drug-likeness (QED) is 0.261. The highest BCUT2D eigenvalue weighted by atomic mass is 16.1. The third-order valence-electron chi connectivity index (χ3n) is 2.04. The van der Waals surface area contributed by atoms with Crippen molar-refractivity contribution in [2.24, 2.45) is 10.8 Å². The van der Waals surface area contributed by atoms with E-state index in [0.717, 1.165) is 18.4 Å². The molecule has 0 aromatic carbocycles. The number of aromatic nitrogens is 1. The second-order valence-corrected chi connectivity index (χ2v) is 3.29. The first-order chi connectivity index (χ1) is 6.79. The summed E-state index contributed by atoms with van der Waals surface area (Å²) < 4.78 is 0. The average Bonchev–Trinajstić information content (AvgIpc) is 2.98. The van der Waals surface area contributed by atoms with Gasteiger partial charge in [-0.15, -0.1) is 0 Å². The summed E-state index contributed by atoms with van der Waals surface area (Å²) in [5, 5.41) is 0. The van der Waals surface area contributed by atoms with Crippen molar-refractivity contribution in [3.8, 4) is 0 Å². The molecule has 1 aliphatic carbocycles. The molecule has 0 amide bonds. The Bertz CT molecular complexity index is 405. The Morgan fingerprint density at radius 3 is 3.00 bits per heavy atom. The molecule has 4 N–H and O–H groups in total. The summed E-state index contributed by atoms with van der Waals surface area (Å²) in [6, 6.07) is 3.61. The first kappa shape index (κ1) is 8.96. The normalized spacial score (nSPS) is 16.8. The molecule has 0 radical (unpaired) electrons. The van der Waals surface area contributed by atoms with Crippen molar-refractivity contribution >= 4 is 5.84 Å². The van der Waals surface area contributed by atoms with Crippen LogP contribution in [0.5, 0.6) is 0 Å². The number of rotatable bonds is 2. The summed E-state index contributed by atoms with van der Waals surface area (Å²) in [6.07, 6.45) is 3.79. The molecule has 1 aromatic heterocycles. The molecule has 14 heavy (non-hydrogen) atoms. The van der Waals surface area contributed by atoms with E-state index >= 15 is 0 Å². The summed E-state index contributed by atoms with van der Waals surface area (Å²) >= 11 is 0. The molecule has 5 nitrogen and oxygen atoms in total. The van der Waals surface area contributed by atoms with E-state index in [1.54, 1.807) is 12.3 Å². The van der Waals surface area contributed by atoms with E-state index in [4.69, 9.17) is 5.84 Å². The fraction of sp³-hybridized carbons (Fsp3) is 0.333. The van der Waals surface area contributed by atoms with E-state index < -0.39 is 0 Å². The van der Waals surface area contributed by atoms with Crippen molar-refractivity contribution < 1.29 is 0 Å². The van der Waals surface area contributed by atoms with Crippen LogP contribution in [0.3, 0.4) is 0 Å². The lowest BCUT2D eigenvalue weighted by Crippen LogP contribution is -2.32. The van der Waals surface area contributed by atoms with Crippen LogP contribution in [-0.4, -0.2) is 16.9 Å². The molecular formula is C9H12N4O. The van der Waals surface area contributed by atoms with E-state index in [0.29, 0.717) is 11.9 Å². The third kappa shape index (κ3) is 2.00. The van der Waals surface area contributed by atoms with Gasteiger partial charge in [-0.25, -0.2) is 5.84 Å². The molecule has 74 valence electrons. The van der Waals surface area contributed by atoms with E-state index in [2.05, 4.69) is 15.4 Å². The lowest BCUT2D eigenvalue weighted by Gasteiger charge is -2.04. The Morgan fingerprint density at radius 1 is 1.64 bits per heavy atom. The first-order valence-corrected chi connectivity index (χ1v) is 4.53. The monoisotopic (exact) mass is 192 g/mol. The number of H-pyrrole nitrogens is 1. The smallest absolute Gasteiger partial charge is 0.248 e. The molecule has 0 atom stereocenters. The molecule has 1 saturated carbocycles. The number of aromatic amines is 1. The molecule has 0 unspecified atom stereocenters.